The Balaban J connectivity index is 1.49. The van der Waals surface area contributed by atoms with Gasteiger partial charge in [-0.25, -0.2) is 4.98 Å². The molecule has 0 bridgehead atoms. The van der Waals surface area contributed by atoms with Crippen LogP contribution in [0.4, 0.5) is 5.69 Å². The third-order valence-electron chi connectivity index (χ3n) is 4.63. The molecule has 0 saturated heterocycles. The van der Waals surface area contributed by atoms with E-state index in [1.807, 2.05) is 60.4 Å². The second kappa shape index (κ2) is 11.4. The van der Waals surface area contributed by atoms with E-state index in [9.17, 15) is 4.79 Å². The first-order chi connectivity index (χ1) is 15.0. The summed E-state index contributed by atoms with van der Waals surface area (Å²) in [6.07, 6.45) is 6.52. The van der Waals surface area contributed by atoms with Gasteiger partial charge in [0.15, 0.2) is 18.1 Å². The fourth-order valence-corrected chi connectivity index (χ4v) is 3.31. The van der Waals surface area contributed by atoms with E-state index < -0.39 is 0 Å². The van der Waals surface area contributed by atoms with Crippen LogP contribution in [0.25, 0.3) is 0 Å². The summed E-state index contributed by atoms with van der Waals surface area (Å²) in [6, 6.07) is 11.2. The van der Waals surface area contributed by atoms with Crippen LogP contribution in [0.15, 0.2) is 55.1 Å². The minimum atomic E-state index is -0.273. The van der Waals surface area contributed by atoms with E-state index in [-0.39, 0.29) is 12.5 Å². The average molecular weight is 443 g/mol. The standard InChI is InChI=1S/C23H27ClN4O3/c1-17-4-6-19(7-5-17)27-22(29)15-31-23-20(24)12-18(13-21(23)30-2)14-25-8-3-10-28-11-9-26-16-28/h4-7,9,11-13,16,25H,3,8,10,14-15H2,1-2H3,(H,27,29). The van der Waals surface area contributed by atoms with Crippen LogP contribution in [0.3, 0.4) is 0 Å². The number of carbonyl (C=O) groups is 1. The van der Waals surface area contributed by atoms with E-state index in [0.29, 0.717) is 28.8 Å². The quantitative estimate of drug-likeness (QED) is 0.438. The third kappa shape index (κ3) is 7.01. The molecule has 0 radical (unpaired) electrons. The van der Waals surface area contributed by atoms with Crippen molar-refractivity contribution in [3.8, 4) is 11.5 Å². The van der Waals surface area contributed by atoms with Gasteiger partial charge < -0.3 is 24.7 Å². The van der Waals surface area contributed by atoms with Gasteiger partial charge in [-0.2, -0.15) is 0 Å². The molecule has 0 aliphatic rings. The molecule has 0 fully saturated rings. The maximum absolute atomic E-state index is 12.2. The third-order valence-corrected chi connectivity index (χ3v) is 4.91. The van der Waals surface area contributed by atoms with Gasteiger partial charge in [0.25, 0.3) is 5.91 Å². The Morgan fingerprint density at radius 2 is 2.03 bits per heavy atom. The average Bonchev–Trinajstić information content (AvgIpc) is 3.27. The topological polar surface area (TPSA) is 77.4 Å². The lowest BCUT2D eigenvalue weighted by Crippen LogP contribution is -2.20. The lowest BCUT2D eigenvalue weighted by molar-refractivity contribution is -0.118. The van der Waals surface area contributed by atoms with E-state index in [1.165, 1.54) is 0 Å². The number of anilines is 1. The molecule has 3 aromatic rings. The van der Waals surface area contributed by atoms with Gasteiger partial charge in [0.1, 0.15) is 0 Å². The summed E-state index contributed by atoms with van der Waals surface area (Å²) in [5.74, 6) is 0.573. The zero-order valence-corrected chi connectivity index (χ0v) is 18.5. The first-order valence-corrected chi connectivity index (χ1v) is 10.4. The van der Waals surface area contributed by atoms with Crippen molar-refractivity contribution in [2.75, 3.05) is 25.6 Å². The molecule has 1 heterocycles. The number of benzene rings is 2. The molecule has 0 saturated carbocycles. The predicted molar refractivity (Wildman–Crippen MR) is 122 cm³/mol. The van der Waals surface area contributed by atoms with Gasteiger partial charge in [0, 0.05) is 31.2 Å². The van der Waals surface area contributed by atoms with Crippen molar-refractivity contribution in [3.63, 3.8) is 0 Å². The molecule has 0 unspecified atom stereocenters. The number of nitrogens with one attached hydrogen (secondary N) is 2. The van der Waals surface area contributed by atoms with Crippen LogP contribution >= 0.6 is 11.6 Å². The number of hydrogen-bond donors (Lipinski definition) is 2. The highest BCUT2D eigenvalue weighted by Gasteiger charge is 2.14. The van der Waals surface area contributed by atoms with Gasteiger partial charge in [-0.3, -0.25) is 4.79 Å². The minimum Gasteiger partial charge on any atom is -0.493 e. The summed E-state index contributed by atoms with van der Waals surface area (Å²) >= 11 is 6.41. The highest BCUT2D eigenvalue weighted by atomic mass is 35.5. The Bertz CT molecular complexity index is 975. The van der Waals surface area contributed by atoms with Gasteiger partial charge in [0.2, 0.25) is 0 Å². The largest absolute Gasteiger partial charge is 0.493 e. The predicted octanol–water partition coefficient (Wildman–Crippen LogP) is 4.05. The van der Waals surface area contributed by atoms with Gasteiger partial charge in [-0.05, 0) is 49.7 Å². The van der Waals surface area contributed by atoms with Gasteiger partial charge >= 0.3 is 0 Å². The van der Waals surface area contributed by atoms with E-state index in [1.54, 1.807) is 13.3 Å². The zero-order valence-electron chi connectivity index (χ0n) is 17.7. The summed E-state index contributed by atoms with van der Waals surface area (Å²) in [5.41, 5.74) is 2.81. The maximum Gasteiger partial charge on any atom is 0.262 e. The SMILES string of the molecule is COc1cc(CNCCCn2ccnc2)cc(Cl)c1OCC(=O)Nc1ccc(C)cc1. The number of halogens is 1. The van der Waals surface area contributed by atoms with Crippen LogP contribution in [0.5, 0.6) is 11.5 Å². The van der Waals surface area contributed by atoms with Crippen molar-refractivity contribution < 1.29 is 14.3 Å². The summed E-state index contributed by atoms with van der Waals surface area (Å²) in [5, 5.41) is 6.59. The normalized spacial score (nSPS) is 10.7. The maximum atomic E-state index is 12.2. The number of rotatable bonds is 11. The molecule has 1 aromatic heterocycles. The lowest BCUT2D eigenvalue weighted by Gasteiger charge is -2.15. The van der Waals surface area contributed by atoms with Gasteiger partial charge in [-0.1, -0.05) is 29.3 Å². The van der Waals surface area contributed by atoms with Crippen LogP contribution in [0.2, 0.25) is 5.02 Å². The van der Waals surface area contributed by atoms with Crippen LogP contribution in [0, 0.1) is 6.92 Å². The molecule has 0 spiro atoms. The molecule has 8 heteroatoms. The zero-order chi connectivity index (χ0) is 22.1. The highest BCUT2D eigenvalue weighted by Crippen LogP contribution is 2.36. The van der Waals surface area contributed by atoms with Crippen LogP contribution in [0.1, 0.15) is 17.5 Å². The number of methoxy groups -OCH3 is 1. The highest BCUT2D eigenvalue weighted by molar-refractivity contribution is 6.32. The molecule has 31 heavy (non-hydrogen) atoms. The summed E-state index contributed by atoms with van der Waals surface area (Å²) in [4.78, 5) is 16.2. The summed E-state index contributed by atoms with van der Waals surface area (Å²) in [6.45, 7) is 4.23. The molecule has 0 aliphatic carbocycles. The molecule has 2 aromatic carbocycles. The van der Waals surface area contributed by atoms with Gasteiger partial charge in [-0.15, -0.1) is 0 Å². The van der Waals surface area contributed by atoms with Crippen molar-refractivity contribution in [2.45, 2.75) is 26.4 Å². The van der Waals surface area contributed by atoms with Crippen molar-refractivity contribution in [3.05, 3.63) is 71.3 Å². The number of carbonyl (C=O) groups excluding carboxylic acids is 1. The van der Waals surface area contributed by atoms with Crippen LogP contribution in [-0.4, -0.2) is 35.7 Å². The number of amides is 1. The molecule has 1 amide bonds. The molecular formula is C23H27ClN4O3. The van der Waals surface area contributed by atoms with Crippen molar-refractivity contribution in [1.82, 2.24) is 14.9 Å². The molecule has 0 atom stereocenters. The Labute approximate surface area is 187 Å². The Kier molecular flexibility index (Phi) is 8.32. The van der Waals surface area contributed by atoms with Crippen LogP contribution < -0.4 is 20.1 Å². The number of aromatic nitrogens is 2. The second-order valence-corrected chi connectivity index (χ2v) is 7.55. The molecule has 0 aliphatic heterocycles. The van der Waals surface area contributed by atoms with Crippen molar-refractivity contribution in [2.24, 2.45) is 0 Å². The molecule has 3 rings (SSSR count). The summed E-state index contributed by atoms with van der Waals surface area (Å²) in [7, 11) is 1.55. The van der Waals surface area contributed by atoms with E-state index in [2.05, 4.69) is 15.6 Å². The Morgan fingerprint density at radius 1 is 1.23 bits per heavy atom. The van der Waals surface area contributed by atoms with Gasteiger partial charge in [0.05, 0.1) is 18.5 Å². The first kappa shape index (κ1) is 22.7. The summed E-state index contributed by atoms with van der Waals surface area (Å²) < 4.78 is 13.1. The Morgan fingerprint density at radius 3 is 2.74 bits per heavy atom. The number of imidazole rings is 1. The molecule has 2 N–H and O–H groups in total. The number of ether oxygens (including phenoxy) is 2. The monoisotopic (exact) mass is 442 g/mol. The smallest absolute Gasteiger partial charge is 0.262 e. The van der Waals surface area contributed by atoms with E-state index in [4.69, 9.17) is 21.1 Å². The van der Waals surface area contributed by atoms with Crippen molar-refractivity contribution in [1.29, 1.82) is 0 Å². The minimum absolute atomic E-state index is 0.171. The number of hydrogen-bond acceptors (Lipinski definition) is 5. The first-order valence-electron chi connectivity index (χ1n) is 10.1. The molecular weight excluding hydrogens is 416 g/mol. The Hall–Kier alpha value is -3.03. The van der Waals surface area contributed by atoms with E-state index in [0.717, 1.165) is 30.6 Å². The second-order valence-electron chi connectivity index (χ2n) is 7.14. The lowest BCUT2D eigenvalue weighted by atomic mass is 10.2. The fourth-order valence-electron chi connectivity index (χ4n) is 3.03. The fraction of sp³-hybridized carbons (Fsp3) is 0.304. The molecule has 164 valence electrons. The van der Waals surface area contributed by atoms with E-state index >= 15 is 0 Å². The number of aryl methyl sites for hydroxylation is 2. The number of nitrogens with zero attached hydrogens (tertiary/aromatic N) is 2. The van der Waals surface area contributed by atoms with Crippen LogP contribution in [-0.2, 0) is 17.9 Å². The van der Waals surface area contributed by atoms with Crippen molar-refractivity contribution >= 4 is 23.2 Å². The molecule has 7 nitrogen and oxygen atoms in total.